The van der Waals surface area contributed by atoms with E-state index in [4.69, 9.17) is 4.42 Å². The molecule has 1 heterocycles. The largest absolute Gasteiger partial charge is 0.451 e. The fourth-order valence-corrected chi connectivity index (χ4v) is 3.31. The summed E-state index contributed by atoms with van der Waals surface area (Å²) in [7, 11) is 0. The van der Waals surface area contributed by atoms with Gasteiger partial charge in [0.15, 0.2) is 11.5 Å². The molecule has 0 aliphatic heterocycles. The zero-order valence-electron chi connectivity index (χ0n) is 16.3. The van der Waals surface area contributed by atoms with Crippen molar-refractivity contribution in [3.8, 4) is 11.3 Å². The van der Waals surface area contributed by atoms with Crippen molar-refractivity contribution >= 4 is 22.5 Å². The van der Waals surface area contributed by atoms with E-state index in [0.29, 0.717) is 11.3 Å². The minimum Gasteiger partial charge on any atom is -0.451 e. The van der Waals surface area contributed by atoms with Gasteiger partial charge in [0.1, 0.15) is 5.76 Å². The second-order valence-electron chi connectivity index (χ2n) is 7.10. The smallest absolute Gasteiger partial charge is 0.287 e. The van der Waals surface area contributed by atoms with Gasteiger partial charge in [0.05, 0.1) is 6.04 Å². The van der Waals surface area contributed by atoms with Gasteiger partial charge < -0.3 is 9.73 Å². The third-order valence-electron chi connectivity index (χ3n) is 5.03. The zero-order valence-corrected chi connectivity index (χ0v) is 16.3. The van der Waals surface area contributed by atoms with Gasteiger partial charge in [-0.25, -0.2) is 0 Å². The number of hydrogen-bond donors (Lipinski definition) is 1. The predicted molar refractivity (Wildman–Crippen MR) is 114 cm³/mol. The van der Waals surface area contributed by atoms with Crippen molar-refractivity contribution in [2.45, 2.75) is 19.9 Å². The number of ketones is 1. The highest BCUT2D eigenvalue weighted by Gasteiger charge is 2.16. The fourth-order valence-electron chi connectivity index (χ4n) is 3.31. The van der Waals surface area contributed by atoms with Crippen molar-refractivity contribution in [1.29, 1.82) is 0 Å². The van der Waals surface area contributed by atoms with E-state index in [2.05, 4.69) is 29.6 Å². The summed E-state index contributed by atoms with van der Waals surface area (Å²) in [5, 5.41) is 5.30. The molecule has 1 amide bonds. The van der Waals surface area contributed by atoms with Gasteiger partial charge in [-0.2, -0.15) is 0 Å². The van der Waals surface area contributed by atoms with Crippen LogP contribution in [0.15, 0.2) is 83.3 Å². The second-order valence-corrected chi connectivity index (χ2v) is 7.10. The van der Waals surface area contributed by atoms with Gasteiger partial charge in [-0.1, -0.05) is 60.7 Å². The summed E-state index contributed by atoms with van der Waals surface area (Å²) in [5.74, 6) is 0.586. The lowest BCUT2D eigenvalue weighted by Gasteiger charge is -2.14. The van der Waals surface area contributed by atoms with E-state index < -0.39 is 0 Å². The van der Waals surface area contributed by atoms with Crippen molar-refractivity contribution < 1.29 is 14.0 Å². The van der Waals surface area contributed by atoms with Crippen molar-refractivity contribution in [3.05, 3.63) is 95.7 Å². The first kappa shape index (κ1) is 18.7. The molecule has 0 bridgehead atoms. The van der Waals surface area contributed by atoms with Gasteiger partial charge in [0, 0.05) is 11.1 Å². The molecule has 0 radical (unpaired) electrons. The first-order chi connectivity index (χ1) is 14.0. The Morgan fingerprint density at radius 3 is 2.31 bits per heavy atom. The van der Waals surface area contributed by atoms with Crippen LogP contribution in [0.5, 0.6) is 0 Å². The number of rotatable bonds is 5. The Balaban J connectivity index is 1.48. The highest BCUT2D eigenvalue weighted by atomic mass is 16.3. The molecule has 0 spiro atoms. The van der Waals surface area contributed by atoms with Gasteiger partial charge in [-0.05, 0) is 48.4 Å². The summed E-state index contributed by atoms with van der Waals surface area (Å²) < 4.78 is 5.74. The number of amides is 1. The molecular weight excluding hydrogens is 362 g/mol. The van der Waals surface area contributed by atoms with Crippen LogP contribution in [0.1, 0.15) is 46.4 Å². The highest BCUT2D eigenvalue weighted by Crippen LogP contribution is 2.24. The minimum absolute atomic E-state index is 0.0127. The van der Waals surface area contributed by atoms with Crippen molar-refractivity contribution in [1.82, 2.24) is 5.32 Å². The standard InChI is InChI=1S/C25H21NO3/c1-16(21-12-9-19-5-3-4-6-22(19)15-21)26-25(28)24-14-13-23(29-24)20-10-7-18(8-11-20)17(2)27/h3-16H,1-2H3,(H,26,28). The van der Waals surface area contributed by atoms with Gasteiger partial charge in [0.25, 0.3) is 5.91 Å². The first-order valence-electron chi connectivity index (χ1n) is 9.52. The van der Waals surface area contributed by atoms with Crippen molar-refractivity contribution in [2.24, 2.45) is 0 Å². The Kier molecular flexibility index (Phi) is 5.00. The molecule has 1 N–H and O–H groups in total. The maximum Gasteiger partial charge on any atom is 0.287 e. The first-order valence-corrected chi connectivity index (χ1v) is 9.52. The van der Waals surface area contributed by atoms with E-state index in [-0.39, 0.29) is 23.5 Å². The van der Waals surface area contributed by atoms with Gasteiger partial charge in [0.2, 0.25) is 0 Å². The van der Waals surface area contributed by atoms with Crippen LogP contribution in [-0.2, 0) is 0 Å². The van der Waals surface area contributed by atoms with Crippen LogP contribution in [-0.4, -0.2) is 11.7 Å². The summed E-state index contributed by atoms with van der Waals surface area (Å²) in [6.45, 7) is 3.48. The Morgan fingerprint density at radius 1 is 0.862 bits per heavy atom. The third-order valence-corrected chi connectivity index (χ3v) is 5.03. The van der Waals surface area contributed by atoms with Crippen LogP contribution in [0, 0.1) is 0 Å². The average Bonchev–Trinajstić information content (AvgIpc) is 3.24. The highest BCUT2D eigenvalue weighted by molar-refractivity contribution is 5.95. The van der Waals surface area contributed by atoms with E-state index in [1.165, 1.54) is 12.3 Å². The second kappa shape index (κ2) is 7.76. The maximum atomic E-state index is 12.6. The molecule has 4 aromatic rings. The van der Waals surface area contributed by atoms with E-state index in [9.17, 15) is 9.59 Å². The predicted octanol–water partition coefficient (Wildman–Crippen LogP) is 5.79. The lowest BCUT2D eigenvalue weighted by Crippen LogP contribution is -2.26. The Bertz CT molecular complexity index is 1190. The molecule has 0 saturated heterocycles. The molecule has 0 aliphatic carbocycles. The molecule has 4 heteroatoms. The summed E-state index contributed by atoms with van der Waals surface area (Å²) in [6, 6.07) is 24.7. The molecule has 1 aromatic heterocycles. The van der Waals surface area contributed by atoms with Gasteiger partial charge in [-0.15, -0.1) is 0 Å². The van der Waals surface area contributed by atoms with E-state index in [1.54, 1.807) is 24.3 Å². The van der Waals surface area contributed by atoms with Crippen LogP contribution < -0.4 is 5.32 Å². The molecule has 0 aliphatic rings. The summed E-state index contributed by atoms with van der Waals surface area (Å²) in [6.07, 6.45) is 0. The quantitative estimate of drug-likeness (QED) is 0.444. The number of benzene rings is 3. The molecular formula is C25H21NO3. The van der Waals surface area contributed by atoms with Crippen LogP contribution in [0.25, 0.3) is 22.1 Å². The minimum atomic E-state index is -0.266. The Hall–Kier alpha value is -3.66. The number of hydrogen-bond acceptors (Lipinski definition) is 3. The lowest BCUT2D eigenvalue weighted by molar-refractivity contribution is 0.0912. The topological polar surface area (TPSA) is 59.3 Å². The van der Waals surface area contributed by atoms with E-state index >= 15 is 0 Å². The number of furan rings is 1. The molecule has 1 atom stereocenters. The van der Waals surface area contributed by atoms with Crippen LogP contribution in [0.4, 0.5) is 0 Å². The van der Waals surface area contributed by atoms with Crippen LogP contribution in [0.2, 0.25) is 0 Å². The lowest BCUT2D eigenvalue weighted by atomic mass is 10.0. The fraction of sp³-hybridized carbons (Fsp3) is 0.120. The summed E-state index contributed by atoms with van der Waals surface area (Å²) >= 11 is 0. The van der Waals surface area contributed by atoms with Crippen molar-refractivity contribution in [3.63, 3.8) is 0 Å². The van der Waals surface area contributed by atoms with E-state index in [1.807, 2.05) is 37.3 Å². The molecule has 4 rings (SSSR count). The third kappa shape index (κ3) is 3.97. The summed E-state index contributed by atoms with van der Waals surface area (Å²) in [5.41, 5.74) is 2.49. The van der Waals surface area contributed by atoms with E-state index in [0.717, 1.165) is 16.5 Å². The number of Topliss-reactive ketones (excluding diaryl/α,β-unsaturated/α-hetero) is 1. The molecule has 4 nitrogen and oxygen atoms in total. The van der Waals surface area contributed by atoms with Crippen LogP contribution >= 0.6 is 0 Å². The molecule has 0 saturated carbocycles. The Morgan fingerprint density at radius 2 is 1.59 bits per heavy atom. The monoisotopic (exact) mass is 383 g/mol. The average molecular weight is 383 g/mol. The molecule has 144 valence electrons. The maximum absolute atomic E-state index is 12.6. The normalized spacial score (nSPS) is 11.9. The number of carbonyl (C=O) groups excluding carboxylic acids is 2. The molecule has 0 fully saturated rings. The number of nitrogens with one attached hydrogen (secondary N) is 1. The number of fused-ring (bicyclic) bond motifs is 1. The SMILES string of the molecule is CC(=O)c1ccc(-c2ccc(C(=O)NC(C)c3ccc4ccccc4c3)o2)cc1. The van der Waals surface area contributed by atoms with Gasteiger partial charge >= 0.3 is 0 Å². The number of carbonyl (C=O) groups is 2. The molecule has 1 unspecified atom stereocenters. The Labute approximate surface area is 169 Å². The summed E-state index contributed by atoms with van der Waals surface area (Å²) in [4.78, 5) is 24.0. The molecule has 29 heavy (non-hydrogen) atoms. The van der Waals surface area contributed by atoms with Gasteiger partial charge in [-0.3, -0.25) is 9.59 Å². The zero-order chi connectivity index (χ0) is 20.4. The molecule has 3 aromatic carbocycles. The van der Waals surface area contributed by atoms with Crippen LogP contribution in [0.3, 0.4) is 0 Å². The van der Waals surface area contributed by atoms with Crippen molar-refractivity contribution in [2.75, 3.05) is 0 Å².